The number of benzene rings is 1. The quantitative estimate of drug-likeness (QED) is 0.184. The van der Waals surface area contributed by atoms with Gasteiger partial charge in [-0.25, -0.2) is 9.48 Å². The SMILES string of the molecule is COC.C\C=C/C=C\C(=C/C)n1nc(C(=O)C2CC2)cc1-c1ccc(OCCNC(=O)OC(C)(C)CC)cc1. The molecule has 1 heterocycles. The summed E-state index contributed by atoms with van der Waals surface area (Å²) in [6.45, 7) is 10.3. The number of aromatic nitrogens is 2. The lowest BCUT2D eigenvalue weighted by atomic mass is 10.1. The highest BCUT2D eigenvalue weighted by atomic mass is 16.6. The summed E-state index contributed by atoms with van der Waals surface area (Å²) in [6, 6.07) is 9.51. The molecule has 0 atom stereocenters. The van der Waals surface area contributed by atoms with Crippen molar-refractivity contribution in [3.8, 4) is 17.0 Å². The maximum Gasteiger partial charge on any atom is 0.407 e. The van der Waals surface area contributed by atoms with Crippen molar-refractivity contribution in [1.82, 2.24) is 15.1 Å². The molecule has 1 aliphatic rings. The van der Waals surface area contributed by atoms with Crippen molar-refractivity contribution in [3.63, 3.8) is 0 Å². The van der Waals surface area contributed by atoms with Gasteiger partial charge in [0.1, 0.15) is 23.7 Å². The zero-order valence-electron chi connectivity index (χ0n) is 24.3. The molecule has 2 aromatic rings. The van der Waals surface area contributed by atoms with Crippen LogP contribution >= 0.6 is 0 Å². The number of nitrogens with zero attached hydrogens (tertiary/aromatic N) is 2. The molecule has 212 valence electrons. The van der Waals surface area contributed by atoms with Gasteiger partial charge in [-0.2, -0.15) is 5.10 Å². The zero-order chi connectivity index (χ0) is 28.8. The summed E-state index contributed by atoms with van der Waals surface area (Å²) in [4.78, 5) is 24.6. The van der Waals surface area contributed by atoms with Gasteiger partial charge in [-0.05, 0) is 83.4 Å². The molecule has 39 heavy (non-hydrogen) atoms. The van der Waals surface area contributed by atoms with Crippen molar-refractivity contribution in [1.29, 1.82) is 0 Å². The van der Waals surface area contributed by atoms with Gasteiger partial charge >= 0.3 is 6.09 Å². The number of Topliss-reactive ketones (excluding diaryl/α,β-unsaturated/α-hetero) is 1. The average molecular weight is 538 g/mol. The van der Waals surface area contributed by atoms with Gasteiger partial charge in [0, 0.05) is 25.7 Å². The number of ketones is 1. The highest BCUT2D eigenvalue weighted by Gasteiger charge is 2.32. The Labute approximate surface area is 232 Å². The van der Waals surface area contributed by atoms with Crippen LogP contribution < -0.4 is 10.1 Å². The minimum atomic E-state index is -0.494. The molecular weight excluding hydrogens is 494 g/mol. The first kappa shape index (κ1) is 31.6. The Kier molecular flexibility index (Phi) is 12.7. The van der Waals surface area contributed by atoms with E-state index in [2.05, 4.69) is 15.2 Å². The summed E-state index contributed by atoms with van der Waals surface area (Å²) in [7, 11) is 3.25. The predicted octanol–water partition coefficient (Wildman–Crippen LogP) is 6.69. The molecule has 1 aliphatic carbocycles. The van der Waals surface area contributed by atoms with Crippen molar-refractivity contribution in [2.75, 3.05) is 27.4 Å². The Balaban J connectivity index is 0.00000170. The number of alkyl carbamates (subject to hydrolysis) is 1. The van der Waals surface area contributed by atoms with Gasteiger partial charge < -0.3 is 19.5 Å². The largest absolute Gasteiger partial charge is 0.492 e. The minimum Gasteiger partial charge on any atom is -0.492 e. The van der Waals surface area contributed by atoms with E-state index < -0.39 is 11.7 Å². The van der Waals surface area contributed by atoms with Crippen molar-refractivity contribution in [2.24, 2.45) is 5.92 Å². The van der Waals surface area contributed by atoms with Crippen molar-refractivity contribution >= 4 is 17.6 Å². The Bertz CT molecular complexity index is 1160. The highest BCUT2D eigenvalue weighted by molar-refractivity contribution is 5.98. The monoisotopic (exact) mass is 537 g/mol. The van der Waals surface area contributed by atoms with Crippen LogP contribution in [0.25, 0.3) is 17.0 Å². The molecule has 0 saturated heterocycles. The van der Waals surface area contributed by atoms with Gasteiger partial charge in [-0.15, -0.1) is 0 Å². The number of carbonyl (C=O) groups excluding carboxylic acids is 2. The van der Waals surface area contributed by atoms with E-state index in [4.69, 9.17) is 9.47 Å². The second-order valence-corrected chi connectivity index (χ2v) is 9.77. The number of carbonyl (C=O) groups is 2. The maximum atomic E-state index is 12.7. The fourth-order valence-electron chi connectivity index (χ4n) is 3.42. The summed E-state index contributed by atoms with van der Waals surface area (Å²) in [6.07, 6.45) is 12.0. The van der Waals surface area contributed by atoms with E-state index in [0.29, 0.717) is 24.6 Å². The van der Waals surface area contributed by atoms with Gasteiger partial charge in [0.25, 0.3) is 0 Å². The van der Waals surface area contributed by atoms with Crippen LogP contribution in [0.4, 0.5) is 4.79 Å². The van der Waals surface area contributed by atoms with E-state index in [1.807, 2.05) is 100 Å². The molecule has 1 fully saturated rings. The Morgan fingerprint density at radius 1 is 1.13 bits per heavy atom. The molecule has 1 aromatic heterocycles. The smallest absolute Gasteiger partial charge is 0.407 e. The first-order chi connectivity index (χ1) is 18.7. The molecule has 1 N–H and O–H groups in total. The van der Waals surface area contributed by atoms with Crippen LogP contribution in [0.15, 0.2) is 60.7 Å². The van der Waals surface area contributed by atoms with E-state index in [1.54, 1.807) is 14.2 Å². The summed E-state index contributed by atoms with van der Waals surface area (Å²) in [5, 5.41) is 7.38. The van der Waals surface area contributed by atoms with Crippen molar-refractivity contribution in [2.45, 2.75) is 59.5 Å². The van der Waals surface area contributed by atoms with E-state index >= 15 is 0 Å². The second-order valence-electron chi connectivity index (χ2n) is 9.77. The summed E-state index contributed by atoms with van der Waals surface area (Å²) in [5.74, 6) is 0.891. The van der Waals surface area contributed by atoms with E-state index in [-0.39, 0.29) is 11.7 Å². The lowest BCUT2D eigenvalue weighted by Crippen LogP contribution is -2.36. The second kappa shape index (κ2) is 15.7. The van der Waals surface area contributed by atoms with Crippen molar-refractivity contribution < 1.29 is 23.8 Å². The first-order valence-electron chi connectivity index (χ1n) is 13.4. The maximum absolute atomic E-state index is 12.7. The third kappa shape index (κ3) is 10.2. The van der Waals surface area contributed by atoms with Gasteiger partial charge in [-0.1, -0.05) is 31.2 Å². The summed E-state index contributed by atoms with van der Waals surface area (Å²) in [5.41, 5.74) is 2.64. The predicted molar refractivity (Wildman–Crippen MR) is 156 cm³/mol. The van der Waals surface area contributed by atoms with Crippen LogP contribution in [0.5, 0.6) is 5.75 Å². The lowest BCUT2D eigenvalue weighted by molar-refractivity contribution is 0.0357. The third-order valence-corrected chi connectivity index (χ3v) is 6.03. The normalized spacial score (nSPS) is 13.8. The van der Waals surface area contributed by atoms with Gasteiger partial charge in [0.05, 0.1) is 17.9 Å². The Morgan fingerprint density at radius 3 is 2.36 bits per heavy atom. The van der Waals surface area contributed by atoms with Crippen LogP contribution in [0.2, 0.25) is 0 Å². The summed E-state index contributed by atoms with van der Waals surface area (Å²) >= 11 is 0. The van der Waals surface area contributed by atoms with Gasteiger partial charge in [0.2, 0.25) is 0 Å². The van der Waals surface area contributed by atoms with Crippen molar-refractivity contribution in [3.05, 3.63) is 66.4 Å². The number of allylic oxidation sites excluding steroid dienone is 6. The number of rotatable bonds is 12. The van der Waals surface area contributed by atoms with Crippen LogP contribution in [-0.4, -0.2) is 54.6 Å². The highest BCUT2D eigenvalue weighted by Crippen LogP contribution is 2.34. The first-order valence-corrected chi connectivity index (χ1v) is 13.4. The van der Waals surface area contributed by atoms with E-state index in [0.717, 1.165) is 36.2 Å². The molecule has 0 bridgehead atoms. The third-order valence-electron chi connectivity index (χ3n) is 6.03. The Hall–Kier alpha value is -3.65. The van der Waals surface area contributed by atoms with E-state index in [9.17, 15) is 9.59 Å². The fourth-order valence-corrected chi connectivity index (χ4v) is 3.42. The molecule has 0 unspecified atom stereocenters. The van der Waals surface area contributed by atoms with Crippen LogP contribution in [0, 0.1) is 5.92 Å². The molecule has 0 spiro atoms. The molecular formula is C31H43N3O5. The zero-order valence-corrected chi connectivity index (χ0v) is 24.3. The number of nitrogens with one attached hydrogen (secondary N) is 1. The lowest BCUT2D eigenvalue weighted by Gasteiger charge is -2.23. The number of amides is 1. The number of ether oxygens (including phenoxy) is 3. The van der Waals surface area contributed by atoms with Crippen LogP contribution in [-0.2, 0) is 9.47 Å². The van der Waals surface area contributed by atoms with Gasteiger partial charge in [-0.3, -0.25) is 4.79 Å². The standard InChI is InChI=1S/C29H37N3O4.C2H6O/c1-6-9-10-11-23(7-2)32-26(20-25(31-32)27(33)22-12-13-22)21-14-16-24(17-15-21)35-19-18-30-28(34)36-29(4,5)8-3;1-3-2/h6-7,9-11,14-17,20,22H,8,12-13,18-19H2,1-5H3,(H,30,34);1-2H3/b9-6-,11-10-,23-7+;. The number of methoxy groups -OCH3 is 1. The molecule has 0 aliphatic heterocycles. The topological polar surface area (TPSA) is 91.7 Å². The fraction of sp³-hybridized carbons (Fsp3) is 0.452. The molecule has 0 radical (unpaired) electrons. The van der Waals surface area contributed by atoms with Gasteiger partial charge in [0.15, 0.2) is 5.78 Å². The van der Waals surface area contributed by atoms with Crippen LogP contribution in [0.3, 0.4) is 0 Å². The molecule has 1 saturated carbocycles. The molecule has 8 heteroatoms. The minimum absolute atomic E-state index is 0.100. The Morgan fingerprint density at radius 2 is 1.79 bits per heavy atom. The summed E-state index contributed by atoms with van der Waals surface area (Å²) < 4.78 is 17.2. The molecule has 1 aromatic carbocycles. The average Bonchev–Trinajstić information content (AvgIpc) is 3.68. The number of hydrogen-bond acceptors (Lipinski definition) is 6. The van der Waals surface area contributed by atoms with Crippen LogP contribution in [0.1, 0.15) is 64.4 Å². The number of hydrogen-bond donors (Lipinski definition) is 1. The molecule has 3 rings (SSSR count). The molecule has 8 nitrogen and oxygen atoms in total. The molecule has 1 amide bonds. The van der Waals surface area contributed by atoms with E-state index in [1.165, 1.54) is 0 Å².